The number of amides is 6. The molecule has 8 rings (SSSR count). The first-order valence-corrected chi connectivity index (χ1v) is 18.3. The van der Waals surface area contributed by atoms with Gasteiger partial charge in [-0.05, 0) is 107 Å². The molecule has 0 fully saturated rings. The summed E-state index contributed by atoms with van der Waals surface area (Å²) in [5, 5.41) is 8.54. The third-order valence-corrected chi connectivity index (χ3v) is 12.1. The van der Waals surface area contributed by atoms with Crippen molar-refractivity contribution in [3.8, 4) is 0 Å². The molecule has 1 N–H and O–H groups in total. The maximum Gasteiger partial charge on any atom is 0.336 e. The van der Waals surface area contributed by atoms with Gasteiger partial charge in [-0.15, -0.1) is 11.3 Å². The summed E-state index contributed by atoms with van der Waals surface area (Å²) in [5.41, 5.74) is 1.93. The van der Waals surface area contributed by atoms with Crippen molar-refractivity contribution in [1.82, 2.24) is 9.80 Å². The highest BCUT2D eigenvalue weighted by atomic mass is 79.9. The SMILES string of the molecule is CCCCC(CC)CN1C(=O)c2ccc3c4ccc5c6c(ccc(c7ccc(c2c37)C1=O)c64)C(=O)N(C(=O)Nc1cc(Br)sc1Br)C5=O. The van der Waals surface area contributed by atoms with Crippen LogP contribution in [0, 0.1) is 5.92 Å². The topological polar surface area (TPSA) is 104 Å². The van der Waals surface area contributed by atoms with E-state index >= 15 is 0 Å². The van der Waals surface area contributed by atoms with Crippen LogP contribution in [0.3, 0.4) is 0 Å². The lowest BCUT2D eigenvalue weighted by Gasteiger charge is -2.31. The van der Waals surface area contributed by atoms with E-state index < -0.39 is 17.8 Å². The van der Waals surface area contributed by atoms with Gasteiger partial charge >= 0.3 is 6.03 Å². The minimum Gasteiger partial charge on any atom is -0.305 e. The van der Waals surface area contributed by atoms with E-state index in [2.05, 4.69) is 51.0 Å². The molecule has 0 saturated carbocycles. The Morgan fingerprint density at radius 2 is 1.21 bits per heavy atom. The molecule has 0 bridgehead atoms. The van der Waals surface area contributed by atoms with E-state index in [1.165, 1.54) is 16.2 Å². The van der Waals surface area contributed by atoms with Crippen molar-refractivity contribution in [3.05, 3.63) is 84.4 Å². The summed E-state index contributed by atoms with van der Waals surface area (Å²) in [6.45, 7) is 4.63. The molecule has 2 aliphatic rings. The van der Waals surface area contributed by atoms with Gasteiger partial charge in [-0.3, -0.25) is 24.1 Å². The monoisotopic (exact) mass is 783 g/mol. The largest absolute Gasteiger partial charge is 0.336 e. The average Bonchev–Trinajstić information content (AvgIpc) is 3.40. The molecule has 0 saturated heterocycles. The Morgan fingerprint density at radius 3 is 1.62 bits per heavy atom. The van der Waals surface area contributed by atoms with Gasteiger partial charge in [0.05, 0.1) is 13.3 Å². The Bertz CT molecular complexity index is 2320. The van der Waals surface area contributed by atoms with Crippen molar-refractivity contribution < 1.29 is 24.0 Å². The van der Waals surface area contributed by atoms with Crippen LogP contribution in [0.4, 0.5) is 10.5 Å². The zero-order chi connectivity index (χ0) is 33.6. The minimum atomic E-state index is -0.848. The maximum absolute atomic E-state index is 13.9. The maximum atomic E-state index is 13.9. The van der Waals surface area contributed by atoms with Crippen molar-refractivity contribution in [3.63, 3.8) is 0 Å². The highest BCUT2D eigenvalue weighted by molar-refractivity contribution is 9.12. The number of carbonyl (C=O) groups is 5. The number of hydrogen-bond acceptors (Lipinski definition) is 6. The number of rotatable bonds is 7. The number of carbonyl (C=O) groups excluding carboxylic acids is 5. The molecule has 1 aromatic heterocycles. The Balaban J connectivity index is 1.27. The lowest BCUT2D eigenvalue weighted by atomic mass is 9.82. The second-order valence-corrected chi connectivity index (χ2v) is 16.1. The molecule has 0 spiro atoms. The van der Waals surface area contributed by atoms with Gasteiger partial charge in [-0.1, -0.05) is 57.4 Å². The van der Waals surface area contributed by atoms with Crippen molar-refractivity contribution >= 4 is 122 Å². The van der Waals surface area contributed by atoms with Gasteiger partial charge in [0, 0.05) is 39.6 Å². The molecule has 11 heteroatoms. The average molecular weight is 786 g/mol. The number of benzene rings is 5. The smallest absolute Gasteiger partial charge is 0.305 e. The molecule has 5 aromatic carbocycles. The zero-order valence-corrected chi connectivity index (χ0v) is 29.9. The molecule has 1 atom stereocenters. The highest BCUT2D eigenvalue weighted by Crippen LogP contribution is 2.46. The van der Waals surface area contributed by atoms with E-state index in [-0.39, 0.29) is 28.9 Å². The predicted octanol–water partition coefficient (Wildman–Crippen LogP) is 9.96. The summed E-state index contributed by atoms with van der Waals surface area (Å²) < 4.78 is 1.41. The number of imide groups is 4. The molecular weight excluding hydrogens is 758 g/mol. The summed E-state index contributed by atoms with van der Waals surface area (Å²) in [6, 6.07) is 15.2. The zero-order valence-electron chi connectivity index (χ0n) is 25.9. The van der Waals surface area contributed by atoms with Gasteiger partial charge in [0.1, 0.15) is 0 Å². The minimum absolute atomic E-state index is 0.242. The number of halogens is 2. The summed E-state index contributed by atoms with van der Waals surface area (Å²) in [4.78, 5) is 70.9. The van der Waals surface area contributed by atoms with Crippen LogP contribution >= 0.6 is 43.2 Å². The number of fused-ring (bicyclic) bond motifs is 2. The van der Waals surface area contributed by atoms with Gasteiger partial charge in [0.15, 0.2) is 0 Å². The predicted molar refractivity (Wildman–Crippen MR) is 196 cm³/mol. The van der Waals surface area contributed by atoms with E-state index in [4.69, 9.17) is 0 Å². The molecule has 240 valence electrons. The Labute approximate surface area is 295 Å². The highest BCUT2D eigenvalue weighted by Gasteiger charge is 2.40. The summed E-state index contributed by atoms with van der Waals surface area (Å²) >= 11 is 8.13. The number of anilines is 1. The van der Waals surface area contributed by atoms with Crippen LogP contribution in [0.2, 0.25) is 0 Å². The van der Waals surface area contributed by atoms with Gasteiger partial charge < -0.3 is 5.32 Å². The summed E-state index contributed by atoms with van der Waals surface area (Å²) in [5.74, 6) is -1.74. The second kappa shape index (κ2) is 11.5. The van der Waals surface area contributed by atoms with Crippen LogP contribution in [-0.4, -0.2) is 46.0 Å². The Kier molecular flexibility index (Phi) is 7.43. The number of hydrogen-bond donors (Lipinski definition) is 1. The number of nitrogens with zero attached hydrogens (tertiary/aromatic N) is 2. The number of thiophene rings is 1. The second-order valence-electron chi connectivity index (χ2n) is 12.4. The quantitative estimate of drug-likeness (QED) is 0.0987. The fraction of sp³-hybridized carbons (Fsp3) is 0.216. The van der Waals surface area contributed by atoms with E-state index in [0.717, 1.165) is 61.8 Å². The number of nitrogens with one attached hydrogen (secondary N) is 1. The van der Waals surface area contributed by atoms with Crippen LogP contribution in [-0.2, 0) is 0 Å². The van der Waals surface area contributed by atoms with Gasteiger partial charge in [-0.2, -0.15) is 4.90 Å². The molecule has 2 aliphatic heterocycles. The van der Waals surface area contributed by atoms with E-state index in [9.17, 15) is 24.0 Å². The molecule has 0 radical (unpaired) electrons. The molecule has 6 amide bonds. The van der Waals surface area contributed by atoms with Crippen molar-refractivity contribution in [2.24, 2.45) is 5.92 Å². The normalized spacial score (nSPS) is 15.2. The van der Waals surface area contributed by atoms with Crippen LogP contribution < -0.4 is 5.32 Å². The standard InChI is InChI=1S/C37H27Br2N3O5S/c1-3-5-6-17(4-2)16-41-33(43)22-11-7-18-20-9-13-24-31-25(36(46)42(35(24)45)37(47)40-26-15-27(38)48-32(26)39)14-10-21(29(20)31)19-8-12-23(34(41)44)30(22)28(18)19/h7-15,17H,3-6,16H2,1-2H3,(H,40,47). The van der Waals surface area contributed by atoms with E-state index in [1.54, 1.807) is 30.3 Å². The molecule has 1 unspecified atom stereocenters. The molecule has 6 aromatic rings. The first-order valence-electron chi connectivity index (χ1n) is 15.9. The van der Waals surface area contributed by atoms with Gasteiger partial charge in [0.25, 0.3) is 23.6 Å². The third-order valence-electron chi connectivity index (χ3n) is 9.81. The summed E-state index contributed by atoms with van der Waals surface area (Å²) in [7, 11) is 0. The molecule has 48 heavy (non-hydrogen) atoms. The van der Waals surface area contributed by atoms with Crippen LogP contribution in [0.25, 0.3) is 43.1 Å². The van der Waals surface area contributed by atoms with Crippen LogP contribution in [0.1, 0.15) is 81.0 Å². The lowest BCUT2D eigenvalue weighted by molar-refractivity contribution is 0.0577. The van der Waals surface area contributed by atoms with Crippen LogP contribution in [0.5, 0.6) is 0 Å². The number of unbranched alkanes of at least 4 members (excludes halogenated alkanes) is 1. The number of urea groups is 1. The fourth-order valence-corrected chi connectivity index (χ4v) is 10.1. The first kappa shape index (κ1) is 31.1. The summed E-state index contributed by atoms with van der Waals surface area (Å²) in [6.07, 6.45) is 3.97. The third kappa shape index (κ3) is 4.40. The van der Waals surface area contributed by atoms with Crippen molar-refractivity contribution in [2.75, 3.05) is 11.9 Å². The lowest BCUT2D eigenvalue weighted by Crippen LogP contribution is -2.46. The van der Waals surface area contributed by atoms with Crippen molar-refractivity contribution in [1.29, 1.82) is 0 Å². The molecule has 0 aliphatic carbocycles. The van der Waals surface area contributed by atoms with Gasteiger partial charge in [-0.25, -0.2) is 4.79 Å². The van der Waals surface area contributed by atoms with Crippen LogP contribution in [0.15, 0.2) is 62.2 Å². The molecule has 8 nitrogen and oxygen atoms in total. The van der Waals surface area contributed by atoms with Crippen molar-refractivity contribution in [2.45, 2.75) is 39.5 Å². The fourth-order valence-electron chi connectivity index (χ4n) is 7.44. The van der Waals surface area contributed by atoms with E-state index in [1.807, 2.05) is 24.3 Å². The van der Waals surface area contributed by atoms with E-state index in [0.29, 0.717) is 42.8 Å². The first-order chi connectivity index (χ1) is 23.1. The molecular formula is C37H27Br2N3O5S. The molecule has 3 heterocycles. The van der Waals surface area contributed by atoms with Gasteiger partial charge in [0.2, 0.25) is 0 Å². The Morgan fingerprint density at radius 1 is 0.729 bits per heavy atom. The Hall–Kier alpha value is -4.19.